The van der Waals surface area contributed by atoms with Crippen molar-refractivity contribution in [3.05, 3.63) is 42.1 Å². The highest BCUT2D eigenvalue weighted by atomic mass is 32.2. The Bertz CT molecular complexity index is 886. The fourth-order valence-corrected chi connectivity index (χ4v) is 3.70. The summed E-state index contributed by atoms with van der Waals surface area (Å²) in [5.41, 5.74) is 6.95. The number of nitrogen functional groups attached to an aromatic ring is 1. The Morgan fingerprint density at radius 3 is 2.76 bits per heavy atom. The minimum absolute atomic E-state index is 0.113. The van der Waals surface area contributed by atoms with Crippen molar-refractivity contribution in [2.45, 2.75) is 10.9 Å². The van der Waals surface area contributed by atoms with Crippen LogP contribution < -0.4 is 10.5 Å². The highest BCUT2D eigenvalue weighted by Crippen LogP contribution is 2.19. The Morgan fingerprint density at radius 1 is 1.19 bits per heavy atom. The van der Waals surface area contributed by atoms with Crippen LogP contribution >= 0.6 is 11.3 Å². The molecule has 0 saturated carbocycles. The van der Waals surface area contributed by atoms with Crippen LogP contribution in [0.15, 0.2) is 40.9 Å². The Labute approximate surface area is 124 Å². The van der Waals surface area contributed by atoms with Crippen LogP contribution in [0.3, 0.4) is 0 Å². The lowest BCUT2D eigenvalue weighted by Gasteiger charge is -2.06. The highest BCUT2D eigenvalue weighted by molar-refractivity contribution is 7.91. The van der Waals surface area contributed by atoms with Crippen molar-refractivity contribution in [3.63, 3.8) is 0 Å². The first-order valence-corrected chi connectivity index (χ1v) is 8.27. The van der Waals surface area contributed by atoms with Gasteiger partial charge in [0, 0.05) is 18.1 Å². The van der Waals surface area contributed by atoms with Crippen LogP contribution in [-0.2, 0) is 16.6 Å². The van der Waals surface area contributed by atoms with Crippen molar-refractivity contribution < 1.29 is 8.42 Å². The van der Waals surface area contributed by atoms with Crippen molar-refractivity contribution in [2.75, 3.05) is 5.73 Å². The topological polar surface area (TPSA) is 111 Å². The summed E-state index contributed by atoms with van der Waals surface area (Å²) in [4.78, 5) is 4.28. The molecule has 0 spiro atoms. The number of anilines is 1. The highest BCUT2D eigenvalue weighted by Gasteiger charge is 2.19. The second-order valence-corrected chi connectivity index (χ2v) is 7.17. The summed E-state index contributed by atoms with van der Waals surface area (Å²) in [6.45, 7) is 0.121. The van der Waals surface area contributed by atoms with Gasteiger partial charge in [-0.15, -0.1) is 10.2 Å². The Hall–Kier alpha value is -2.10. The first-order chi connectivity index (χ1) is 10.1. The lowest BCUT2D eigenvalue weighted by Crippen LogP contribution is -2.23. The molecule has 21 heavy (non-hydrogen) atoms. The number of rotatable bonds is 4. The summed E-state index contributed by atoms with van der Waals surface area (Å²) in [6, 6.07) is 9.36. The van der Waals surface area contributed by atoms with Crippen LogP contribution in [0.1, 0.15) is 5.56 Å². The number of benzene rings is 1. The molecule has 3 aromatic rings. The third-order valence-corrected chi connectivity index (χ3v) is 5.34. The lowest BCUT2D eigenvalue weighted by molar-refractivity contribution is 0.579. The van der Waals surface area contributed by atoms with Crippen molar-refractivity contribution in [2.24, 2.45) is 0 Å². The molecule has 0 atom stereocenters. The van der Waals surface area contributed by atoms with E-state index in [0.717, 1.165) is 27.8 Å². The van der Waals surface area contributed by atoms with Gasteiger partial charge in [0.05, 0.1) is 5.52 Å². The van der Waals surface area contributed by atoms with Gasteiger partial charge in [0.2, 0.25) is 9.47 Å². The Kier molecular flexibility index (Phi) is 3.53. The van der Waals surface area contributed by atoms with E-state index in [0.29, 0.717) is 0 Å². The summed E-state index contributed by atoms with van der Waals surface area (Å²) in [6.07, 6.45) is 1.67. The quantitative estimate of drug-likeness (QED) is 0.745. The second kappa shape index (κ2) is 5.35. The van der Waals surface area contributed by atoms with Gasteiger partial charge >= 0.3 is 0 Å². The third kappa shape index (κ3) is 2.84. The predicted molar refractivity (Wildman–Crippen MR) is 80.1 cm³/mol. The average molecular weight is 321 g/mol. The number of aromatic nitrogens is 3. The van der Waals surface area contributed by atoms with Crippen LogP contribution in [0, 0.1) is 0 Å². The number of nitrogens with zero attached hydrogens (tertiary/aromatic N) is 3. The fraction of sp³-hybridized carbons (Fsp3) is 0.0833. The smallest absolute Gasteiger partial charge is 0.270 e. The third-order valence-electron chi connectivity index (χ3n) is 2.82. The average Bonchev–Trinajstić information content (AvgIpc) is 2.93. The molecule has 0 unspecified atom stereocenters. The molecule has 9 heteroatoms. The molecule has 0 aliphatic carbocycles. The van der Waals surface area contributed by atoms with E-state index in [4.69, 9.17) is 5.73 Å². The molecule has 108 valence electrons. The van der Waals surface area contributed by atoms with Gasteiger partial charge in [0.1, 0.15) is 0 Å². The summed E-state index contributed by atoms with van der Waals surface area (Å²) in [5, 5.41) is 8.11. The zero-order chi connectivity index (χ0) is 14.9. The van der Waals surface area contributed by atoms with Crippen molar-refractivity contribution in [3.8, 4) is 0 Å². The van der Waals surface area contributed by atoms with Crippen molar-refractivity contribution >= 4 is 37.4 Å². The summed E-state index contributed by atoms with van der Waals surface area (Å²) in [7, 11) is -3.72. The summed E-state index contributed by atoms with van der Waals surface area (Å²) >= 11 is 0.823. The molecule has 0 aliphatic heterocycles. The van der Waals surface area contributed by atoms with Crippen LogP contribution in [0.25, 0.3) is 10.9 Å². The van der Waals surface area contributed by atoms with E-state index >= 15 is 0 Å². The van der Waals surface area contributed by atoms with Crippen LogP contribution in [0.4, 0.5) is 5.13 Å². The molecule has 0 radical (unpaired) electrons. The molecule has 3 N–H and O–H groups in total. The van der Waals surface area contributed by atoms with Gasteiger partial charge in [-0.1, -0.05) is 35.6 Å². The number of sulfonamides is 1. The molecule has 0 amide bonds. The van der Waals surface area contributed by atoms with Gasteiger partial charge < -0.3 is 5.73 Å². The number of hydrogen-bond donors (Lipinski definition) is 2. The number of hydrogen-bond acceptors (Lipinski definition) is 7. The van der Waals surface area contributed by atoms with E-state index in [2.05, 4.69) is 19.9 Å². The largest absolute Gasteiger partial charge is 0.374 e. The molecule has 0 fully saturated rings. The minimum Gasteiger partial charge on any atom is -0.374 e. The summed E-state index contributed by atoms with van der Waals surface area (Å²) in [5.74, 6) is 0. The van der Waals surface area contributed by atoms with Crippen LogP contribution in [-0.4, -0.2) is 23.6 Å². The van der Waals surface area contributed by atoms with Crippen LogP contribution in [0.2, 0.25) is 0 Å². The number of pyridine rings is 1. The molecule has 0 bridgehead atoms. The van der Waals surface area contributed by atoms with E-state index in [9.17, 15) is 8.42 Å². The molecule has 3 rings (SSSR count). The molecule has 0 aliphatic rings. The summed E-state index contributed by atoms with van der Waals surface area (Å²) < 4.78 is 26.5. The van der Waals surface area contributed by atoms with Crippen molar-refractivity contribution in [1.82, 2.24) is 19.9 Å². The molecule has 2 heterocycles. The maximum absolute atomic E-state index is 12.1. The lowest BCUT2D eigenvalue weighted by atomic mass is 10.1. The fourth-order valence-electron chi connectivity index (χ4n) is 1.87. The van der Waals surface area contributed by atoms with E-state index in [1.54, 1.807) is 6.20 Å². The van der Waals surface area contributed by atoms with Gasteiger partial charge in [0.15, 0.2) is 0 Å². The van der Waals surface area contributed by atoms with Gasteiger partial charge in [-0.3, -0.25) is 4.98 Å². The molecular weight excluding hydrogens is 310 g/mol. The number of nitrogens with two attached hydrogens (primary N) is 1. The first kappa shape index (κ1) is 13.9. The molecular formula is C12H11N5O2S2. The van der Waals surface area contributed by atoms with Crippen molar-refractivity contribution in [1.29, 1.82) is 0 Å². The molecule has 7 nitrogen and oxygen atoms in total. The maximum atomic E-state index is 12.1. The van der Waals surface area contributed by atoms with Crippen LogP contribution in [0.5, 0.6) is 0 Å². The number of fused-ring (bicyclic) bond motifs is 1. The number of nitrogens with one attached hydrogen (secondary N) is 1. The Morgan fingerprint density at radius 2 is 2.00 bits per heavy atom. The zero-order valence-electron chi connectivity index (χ0n) is 10.7. The normalized spacial score (nSPS) is 11.8. The second-order valence-electron chi connectivity index (χ2n) is 4.22. The number of para-hydroxylation sites is 1. The van der Waals surface area contributed by atoms with Gasteiger partial charge in [-0.25, -0.2) is 13.1 Å². The van der Waals surface area contributed by atoms with E-state index in [1.165, 1.54) is 0 Å². The maximum Gasteiger partial charge on any atom is 0.270 e. The monoisotopic (exact) mass is 321 g/mol. The standard InChI is InChI=1S/C12H11N5O2S2/c13-11-16-17-12(20-11)21(18,19)15-7-9-4-1-3-8-5-2-6-14-10(8)9/h1-6,15H,7H2,(H2,13,16). The van der Waals surface area contributed by atoms with Gasteiger partial charge in [0.25, 0.3) is 10.0 Å². The van der Waals surface area contributed by atoms with Gasteiger partial charge in [-0.2, -0.15) is 0 Å². The minimum atomic E-state index is -3.72. The van der Waals surface area contributed by atoms with E-state index in [1.807, 2.05) is 30.3 Å². The van der Waals surface area contributed by atoms with E-state index in [-0.39, 0.29) is 16.0 Å². The SMILES string of the molecule is Nc1nnc(S(=O)(=O)NCc2cccc3cccnc23)s1. The zero-order valence-corrected chi connectivity index (χ0v) is 12.4. The molecule has 0 saturated heterocycles. The Balaban J connectivity index is 1.87. The molecule has 2 aromatic heterocycles. The molecule has 1 aromatic carbocycles. The first-order valence-electron chi connectivity index (χ1n) is 5.97. The van der Waals surface area contributed by atoms with Gasteiger partial charge in [-0.05, 0) is 11.6 Å². The predicted octanol–water partition coefficient (Wildman–Crippen LogP) is 1.15. The van der Waals surface area contributed by atoms with E-state index < -0.39 is 10.0 Å².